The van der Waals surface area contributed by atoms with E-state index in [0.29, 0.717) is 88.4 Å². The van der Waals surface area contributed by atoms with E-state index in [-0.39, 0.29) is 22.3 Å². The van der Waals surface area contributed by atoms with Crippen LogP contribution in [-0.4, -0.2) is 114 Å². The third-order valence-corrected chi connectivity index (χ3v) is 13.4. The number of hydrogen-bond acceptors (Lipinski definition) is 19. The van der Waals surface area contributed by atoms with Crippen molar-refractivity contribution >= 4 is 69.8 Å². The molecule has 0 aliphatic carbocycles. The summed E-state index contributed by atoms with van der Waals surface area (Å²) < 4.78 is 166. The standard InChI is InChI=1S/C12H14FNO2.2C11H12FNO3.C11H14FNO2.C8H5F4NO.C7H3F4NO2/c13-10-8-9(12(15)16)4-5-11(10)14-6-2-1-3-7-14;12-9-7-8(11(14)15)1-2-10(9)13-3-5-16-6-4-13;12-9-2-1-8(11(14)15)7-10(9)13-3-5-16-6-4-13;1-3-13(4-2)10-6-5-8(11(14)15)7-9(10)12;1-2(14)3-4(9)5(10)6(11)7(12)8(3)13;8-2-1(7(13)14)3(9)6(12)5(11)4(2)10/h4-5,8H,1-3,6-7H2,(H,15,16);2*1-2,7H,3-6H2,(H,14,15);5-7H,3-4H2,1-2H3,(H,14,15);13H2,1H3;12H2,(H,13,14)/p-5. The Morgan fingerprint density at radius 3 is 1.18 bits per heavy atom. The van der Waals surface area contributed by atoms with Crippen LogP contribution >= 0.6 is 0 Å². The normalized spacial score (nSPS) is 13.4. The Kier molecular flexibility index (Phi) is 27.7. The fraction of sp³-hybridized carbons (Fsp3) is 0.300. The predicted molar refractivity (Wildman–Crippen MR) is 294 cm³/mol. The highest BCUT2D eigenvalue weighted by Gasteiger charge is 2.27. The number of aromatic carboxylic acids is 5. The number of ether oxygens (including phenoxy) is 2. The molecule has 0 bridgehead atoms. The Hall–Kier alpha value is -9.78. The van der Waals surface area contributed by atoms with E-state index < -0.39 is 128 Å². The van der Waals surface area contributed by atoms with Gasteiger partial charge in [-0.05, 0) is 94.1 Å². The number of hydrogen-bond donors (Lipinski definition) is 2. The molecule has 0 aromatic heterocycles. The SMILES string of the molecule is CC(=O)c1c(N)c(F)c(F)c(F)c1F.CCN(CC)c1ccc(C(=O)[O-])cc1F.Nc1c(F)c(F)c(F)c(C(=O)[O-])c1F.O=C([O-])c1ccc(F)c(N2CCOCC2)c1.O=C([O-])c1ccc(N2CCCCC2)c(F)c1.O=C([O-])c1ccc(N2CCOCC2)c(F)c1. The summed E-state index contributed by atoms with van der Waals surface area (Å²) in [5, 5.41) is 52.4. The number of nitrogens with two attached hydrogens (primary N) is 2. The molecule has 492 valence electrons. The fourth-order valence-corrected chi connectivity index (χ4v) is 8.68. The van der Waals surface area contributed by atoms with Gasteiger partial charge in [-0.3, -0.25) is 4.79 Å². The van der Waals surface area contributed by atoms with E-state index in [2.05, 4.69) is 5.73 Å². The Bertz CT molecular complexity index is 3390. The lowest BCUT2D eigenvalue weighted by atomic mass is 10.1. The van der Waals surface area contributed by atoms with Crippen LogP contribution in [0.1, 0.15) is 102 Å². The summed E-state index contributed by atoms with van der Waals surface area (Å²) in [5.74, 6) is -26.4. The van der Waals surface area contributed by atoms with E-state index in [1.165, 1.54) is 55.0 Å². The van der Waals surface area contributed by atoms with Gasteiger partial charge in [0, 0.05) is 69.0 Å². The van der Waals surface area contributed by atoms with Crippen molar-refractivity contribution in [3.8, 4) is 0 Å². The highest BCUT2D eigenvalue weighted by molar-refractivity contribution is 5.99. The van der Waals surface area contributed by atoms with Crippen LogP contribution in [0.4, 0.5) is 86.8 Å². The first-order valence-corrected chi connectivity index (χ1v) is 27.0. The Balaban J connectivity index is 0.000000233. The molecule has 91 heavy (non-hydrogen) atoms. The lowest BCUT2D eigenvalue weighted by molar-refractivity contribution is -0.256. The molecular formula is C60H55F12N6O13-5. The Labute approximate surface area is 510 Å². The lowest BCUT2D eigenvalue weighted by Crippen LogP contribution is -2.37. The molecule has 4 N–H and O–H groups in total. The number of halogens is 12. The van der Waals surface area contributed by atoms with E-state index in [1.807, 2.05) is 28.5 Å². The van der Waals surface area contributed by atoms with Crippen LogP contribution in [0.15, 0.2) is 72.8 Å². The van der Waals surface area contributed by atoms with Crippen LogP contribution in [0.2, 0.25) is 0 Å². The maximum atomic E-state index is 13.7. The van der Waals surface area contributed by atoms with E-state index in [4.69, 9.17) is 15.2 Å². The molecule has 6 aromatic rings. The van der Waals surface area contributed by atoms with Gasteiger partial charge in [0.1, 0.15) is 29.0 Å². The largest absolute Gasteiger partial charge is 0.545 e. The zero-order chi connectivity index (χ0) is 68.1. The number of carboxylic acids is 5. The number of anilines is 6. The van der Waals surface area contributed by atoms with Crippen molar-refractivity contribution in [2.24, 2.45) is 0 Å². The van der Waals surface area contributed by atoms with Gasteiger partial charge in [-0.25, -0.2) is 52.7 Å². The van der Waals surface area contributed by atoms with Crippen LogP contribution < -0.4 is 56.6 Å². The van der Waals surface area contributed by atoms with Crippen molar-refractivity contribution in [2.45, 2.75) is 40.0 Å². The van der Waals surface area contributed by atoms with Crippen molar-refractivity contribution in [1.29, 1.82) is 0 Å². The van der Waals surface area contributed by atoms with Gasteiger partial charge in [-0.1, -0.05) is 24.3 Å². The van der Waals surface area contributed by atoms with Crippen LogP contribution in [0, 0.1) is 69.8 Å². The maximum Gasteiger partial charge on any atom is 0.199 e. The summed E-state index contributed by atoms with van der Waals surface area (Å²) >= 11 is 0. The van der Waals surface area contributed by atoms with Gasteiger partial charge in [-0.15, -0.1) is 0 Å². The van der Waals surface area contributed by atoms with E-state index in [0.717, 1.165) is 57.1 Å². The molecular weight excluding hydrogens is 1240 g/mol. The summed E-state index contributed by atoms with van der Waals surface area (Å²) in [6, 6.07) is 15.2. The molecule has 3 fully saturated rings. The predicted octanol–water partition coefficient (Wildman–Crippen LogP) is 4.48. The van der Waals surface area contributed by atoms with Gasteiger partial charge in [0.25, 0.3) is 0 Å². The number of Topliss-reactive ketones (excluding diaryl/α,β-unsaturated/α-hetero) is 1. The second-order valence-corrected chi connectivity index (χ2v) is 19.2. The van der Waals surface area contributed by atoms with Gasteiger partial charge in [0.2, 0.25) is 0 Å². The molecule has 0 atom stereocenters. The zero-order valence-corrected chi connectivity index (χ0v) is 48.3. The molecule has 3 aliphatic rings. The summed E-state index contributed by atoms with van der Waals surface area (Å²) in [5.41, 5.74) is 5.66. The zero-order valence-electron chi connectivity index (χ0n) is 48.3. The van der Waals surface area contributed by atoms with Crippen molar-refractivity contribution < 1.29 is 116 Å². The topological polar surface area (TPSA) is 301 Å². The summed E-state index contributed by atoms with van der Waals surface area (Å²) in [6.07, 6.45) is 3.29. The first-order valence-electron chi connectivity index (χ1n) is 27.0. The molecule has 0 radical (unpaired) electrons. The number of carboxylic acid groups (broad SMARTS) is 5. The minimum atomic E-state index is -2.31. The molecule has 9 rings (SSSR count). The van der Waals surface area contributed by atoms with Crippen LogP contribution in [0.5, 0.6) is 0 Å². The smallest absolute Gasteiger partial charge is 0.199 e. The number of carbonyl (C=O) groups is 6. The molecule has 31 heteroatoms. The lowest BCUT2D eigenvalue weighted by Gasteiger charge is -2.29. The molecule has 3 heterocycles. The number of carbonyl (C=O) groups excluding carboxylic acids is 6. The first kappa shape index (κ1) is 73.7. The number of morpholine rings is 2. The van der Waals surface area contributed by atoms with Crippen molar-refractivity contribution in [3.63, 3.8) is 0 Å². The van der Waals surface area contributed by atoms with Crippen LogP contribution in [0.3, 0.4) is 0 Å². The van der Waals surface area contributed by atoms with E-state index >= 15 is 0 Å². The summed E-state index contributed by atoms with van der Waals surface area (Å²) in [7, 11) is 0. The summed E-state index contributed by atoms with van der Waals surface area (Å²) in [4.78, 5) is 70.5. The minimum absolute atomic E-state index is 0.0112. The number of nitrogen functional groups attached to an aromatic ring is 2. The van der Waals surface area contributed by atoms with Gasteiger partial charge >= 0.3 is 0 Å². The Morgan fingerprint density at radius 1 is 0.407 bits per heavy atom. The fourth-order valence-electron chi connectivity index (χ4n) is 8.68. The average Bonchev–Trinajstić information content (AvgIpc) is 1.23. The highest BCUT2D eigenvalue weighted by Crippen LogP contribution is 2.29. The molecule has 0 amide bonds. The quantitative estimate of drug-likeness (QED) is 0.0561. The van der Waals surface area contributed by atoms with Crippen molar-refractivity contribution in [3.05, 3.63) is 176 Å². The number of piperidine rings is 1. The summed E-state index contributed by atoms with van der Waals surface area (Å²) in [6.45, 7) is 12.2. The highest BCUT2D eigenvalue weighted by atomic mass is 19.2. The van der Waals surface area contributed by atoms with E-state index in [9.17, 15) is 107 Å². The molecule has 3 saturated heterocycles. The van der Waals surface area contributed by atoms with Crippen LogP contribution in [0.25, 0.3) is 0 Å². The number of nitrogens with zero attached hydrogens (tertiary/aromatic N) is 4. The Morgan fingerprint density at radius 2 is 0.769 bits per heavy atom. The molecule has 19 nitrogen and oxygen atoms in total. The third kappa shape index (κ3) is 19.6. The van der Waals surface area contributed by atoms with Crippen molar-refractivity contribution in [1.82, 2.24) is 0 Å². The van der Waals surface area contributed by atoms with Gasteiger partial charge in [0.05, 0.1) is 95.8 Å². The molecule has 0 saturated carbocycles. The van der Waals surface area contributed by atoms with Gasteiger partial charge in [0.15, 0.2) is 52.3 Å². The average molecular weight is 1300 g/mol. The van der Waals surface area contributed by atoms with Gasteiger partial charge in [-0.2, -0.15) is 0 Å². The molecule has 6 aromatic carbocycles. The number of benzene rings is 6. The monoisotopic (exact) mass is 1300 g/mol. The molecule has 0 unspecified atom stereocenters. The second-order valence-electron chi connectivity index (χ2n) is 19.2. The first-order chi connectivity index (χ1) is 42.9. The third-order valence-electron chi connectivity index (χ3n) is 13.4. The van der Waals surface area contributed by atoms with Gasteiger partial charge < -0.3 is 90.0 Å². The molecule has 0 spiro atoms. The van der Waals surface area contributed by atoms with E-state index in [1.54, 1.807) is 4.90 Å². The minimum Gasteiger partial charge on any atom is -0.545 e. The van der Waals surface area contributed by atoms with Crippen molar-refractivity contribution in [2.75, 3.05) is 110 Å². The number of rotatable bonds is 12. The van der Waals surface area contributed by atoms with Crippen LogP contribution in [-0.2, 0) is 9.47 Å². The maximum absolute atomic E-state index is 13.7. The molecule has 3 aliphatic heterocycles. The second kappa shape index (κ2) is 34.3. The number of ketones is 1.